The van der Waals surface area contributed by atoms with Crippen LogP contribution in [0.1, 0.15) is 59.8 Å². The van der Waals surface area contributed by atoms with Gasteiger partial charge in [-0.05, 0) is 37.0 Å². The van der Waals surface area contributed by atoms with Crippen molar-refractivity contribution in [3.8, 4) is 0 Å². The van der Waals surface area contributed by atoms with Crippen molar-refractivity contribution in [1.82, 2.24) is 0 Å². The molecule has 0 aromatic rings. The Hall–Kier alpha value is -1.15. The summed E-state index contributed by atoms with van der Waals surface area (Å²) in [6, 6.07) is 0. The van der Waals surface area contributed by atoms with E-state index >= 15 is 0 Å². The van der Waals surface area contributed by atoms with Crippen LogP contribution in [0.25, 0.3) is 0 Å². The van der Waals surface area contributed by atoms with Crippen molar-refractivity contribution in [2.24, 2.45) is 11.3 Å². The SMILES string of the molecule is CC(CCC(CCC(=O)O)(C(=O)O)S(=O)(=O)O)CC(C)(C)C. The van der Waals surface area contributed by atoms with Crippen LogP contribution in [0.3, 0.4) is 0 Å². The molecule has 0 aromatic heterocycles. The Bertz CT molecular complexity index is 504. The van der Waals surface area contributed by atoms with E-state index in [-0.39, 0.29) is 24.2 Å². The summed E-state index contributed by atoms with van der Waals surface area (Å²) in [6.45, 7) is 7.92. The van der Waals surface area contributed by atoms with E-state index < -0.39 is 39.6 Å². The summed E-state index contributed by atoms with van der Waals surface area (Å²) in [5.74, 6) is -2.97. The van der Waals surface area contributed by atoms with Crippen molar-refractivity contribution in [2.75, 3.05) is 0 Å². The molecule has 0 aliphatic rings. The maximum atomic E-state index is 11.6. The van der Waals surface area contributed by atoms with Gasteiger partial charge in [0.2, 0.25) is 0 Å². The van der Waals surface area contributed by atoms with Crippen LogP contribution >= 0.6 is 0 Å². The van der Waals surface area contributed by atoms with Gasteiger partial charge >= 0.3 is 11.9 Å². The molecule has 0 bridgehead atoms. The van der Waals surface area contributed by atoms with E-state index in [4.69, 9.17) is 5.11 Å². The smallest absolute Gasteiger partial charge is 0.327 e. The summed E-state index contributed by atoms with van der Waals surface area (Å²) in [6.07, 6.45) is -0.583. The molecule has 0 fully saturated rings. The van der Waals surface area contributed by atoms with Crippen molar-refractivity contribution in [3.63, 3.8) is 0 Å². The fraction of sp³-hybridized carbons (Fsp3) is 0.857. The summed E-state index contributed by atoms with van der Waals surface area (Å²) in [7, 11) is -4.92. The second kappa shape index (κ2) is 7.41. The monoisotopic (exact) mass is 338 g/mol. The number of carboxylic acids is 2. The zero-order valence-corrected chi connectivity index (χ0v) is 14.3. The van der Waals surface area contributed by atoms with Crippen molar-refractivity contribution in [2.45, 2.75) is 64.5 Å². The molecule has 0 radical (unpaired) electrons. The van der Waals surface area contributed by atoms with Crippen LogP contribution in [0.2, 0.25) is 0 Å². The molecule has 7 nitrogen and oxygen atoms in total. The van der Waals surface area contributed by atoms with Gasteiger partial charge in [-0.3, -0.25) is 14.1 Å². The van der Waals surface area contributed by atoms with Crippen LogP contribution < -0.4 is 0 Å². The number of rotatable bonds is 9. The van der Waals surface area contributed by atoms with Gasteiger partial charge < -0.3 is 10.2 Å². The quantitative estimate of drug-likeness (QED) is 0.550. The molecule has 2 atom stereocenters. The highest BCUT2D eigenvalue weighted by Crippen LogP contribution is 2.34. The zero-order valence-electron chi connectivity index (χ0n) is 13.5. The fourth-order valence-corrected chi connectivity index (χ4v) is 3.60. The van der Waals surface area contributed by atoms with Gasteiger partial charge in [0, 0.05) is 6.42 Å². The van der Waals surface area contributed by atoms with Crippen LogP contribution in [0.4, 0.5) is 0 Å². The average molecular weight is 338 g/mol. The first-order chi connectivity index (χ1) is 9.71. The van der Waals surface area contributed by atoms with E-state index in [1.807, 2.05) is 27.7 Å². The third-order valence-electron chi connectivity index (χ3n) is 3.63. The maximum absolute atomic E-state index is 11.6. The van der Waals surface area contributed by atoms with E-state index in [2.05, 4.69) is 0 Å². The van der Waals surface area contributed by atoms with Gasteiger partial charge in [0.1, 0.15) is 0 Å². The number of hydrogen-bond donors (Lipinski definition) is 3. The summed E-state index contributed by atoms with van der Waals surface area (Å²) < 4.78 is 30.1. The first kappa shape index (κ1) is 20.9. The molecular formula is C14H26O7S. The maximum Gasteiger partial charge on any atom is 0.327 e. The van der Waals surface area contributed by atoms with Gasteiger partial charge in [-0.2, -0.15) is 8.42 Å². The lowest BCUT2D eigenvalue weighted by atomic mass is 9.82. The standard InChI is InChI=1S/C14H26O7S/c1-10(9-13(2,3)4)5-7-14(12(17)18,22(19,20)21)8-6-11(15)16/h10H,5-9H2,1-4H3,(H,15,16)(H,17,18)(H,19,20,21). The van der Waals surface area contributed by atoms with E-state index in [1.54, 1.807) is 0 Å². The molecule has 2 unspecified atom stereocenters. The lowest BCUT2D eigenvalue weighted by molar-refractivity contribution is -0.141. The predicted molar refractivity (Wildman–Crippen MR) is 81.3 cm³/mol. The first-order valence-corrected chi connectivity index (χ1v) is 8.57. The summed E-state index contributed by atoms with van der Waals surface area (Å²) in [4.78, 5) is 22.1. The molecule has 8 heteroatoms. The van der Waals surface area contributed by atoms with Crippen molar-refractivity contribution in [1.29, 1.82) is 0 Å². The van der Waals surface area contributed by atoms with Crippen LogP contribution in [0.15, 0.2) is 0 Å². The number of carbonyl (C=O) groups is 2. The summed E-state index contributed by atoms with van der Waals surface area (Å²) in [5.41, 5.74) is 0.00442. The number of aliphatic carboxylic acids is 2. The molecule has 0 spiro atoms. The number of hydrogen-bond acceptors (Lipinski definition) is 4. The Morgan fingerprint density at radius 1 is 1.09 bits per heavy atom. The fourth-order valence-electron chi connectivity index (χ4n) is 2.64. The molecule has 0 saturated carbocycles. The average Bonchev–Trinajstić information content (AvgIpc) is 2.23. The lowest BCUT2D eigenvalue weighted by Gasteiger charge is -2.29. The minimum Gasteiger partial charge on any atom is -0.481 e. The minimum atomic E-state index is -4.92. The number of carboxylic acid groups (broad SMARTS) is 2. The normalized spacial score (nSPS) is 16.8. The first-order valence-electron chi connectivity index (χ1n) is 7.13. The minimum absolute atomic E-state index is 0.00442. The molecule has 0 rings (SSSR count). The Kier molecular flexibility index (Phi) is 7.02. The van der Waals surface area contributed by atoms with Gasteiger partial charge in [-0.15, -0.1) is 0 Å². The molecule has 22 heavy (non-hydrogen) atoms. The van der Waals surface area contributed by atoms with E-state index in [1.165, 1.54) is 0 Å². The molecule has 0 amide bonds. The molecule has 0 aromatic carbocycles. The van der Waals surface area contributed by atoms with Crippen molar-refractivity contribution >= 4 is 22.1 Å². The van der Waals surface area contributed by atoms with Gasteiger partial charge in [0.25, 0.3) is 10.1 Å². The Morgan fingerprint density at radius 3 is 1.91 bits per heavy atom. The van der Waals surface area contributed by atoms with E-state index in [0.29, 0.717) is 0 Å². The Balaban J connectivity index is 5.25. The second-order valence-electron chi connectivity index (χ2n) is 7.08. The largest absolute Gasteiger partial charge is 0.481 e. The predicted octanol–water partition coefficient (Wildman–Crippen LogP) is 2.41. The van der Waals surface area contributed by atoms with Gasteiger partial charge in [-0.1, -0.05) is 27.7 Å². The van der Waals surface area contributed by atoms with Crippen molar-refractivity contribution < 1.29 is 32.8 Å². The van der Waals surface area contributed by atoms with Crippen LogP contribution in [0.5, 0.6) is 0 Å². The third kappa shape index (κ3) is 6.31. The van der Waals surface area contributed by atoms with Crippen molar-refractivity contribution in [3.05, 3.63) is 0 Å². The molecule has 130 valence electrons. The highest BCUT2D eigenvalue weighted by molar-refractivity contribution is 7.88. The second-order valence-corrected chi connectivity index (χ2v) is 8.81. The third-order valence-corrected chi connectivity index (χ3v) is 5.20. The van der Waals surface area contributed by atoms with Crippen LogP contribution in [0, 0.1) is 11.3 Å². The summed E-state index contributed by atoms with van der Waals surface area (Å²) in [5, 5.41) is 18.0. The van der Waals surface area contributed by atoms with E-state index in [9.17, 15) is 27.7 Å². The van der Waals surface area contributed by atoms with Crippen LogP contribution in [-0.2, 0) is 19.7 Å². The lowest BCUT2D eigenvalue weighted by Crippen LogP contribution is -2.47. The van der Waals surface area contributed by atoms with E-state index in [0.717, 1.165) is 6.42 Å². The molecule has 3 N–H and O–H groups in total. The van der Waals surface area contributed by atoms with Gasteiger partial charge in [0.15, 0.2) is 4.75 Å². The van der Waals surface area contributed by atoms with Gasteiger partial charge in [0.05, 0.1) is 0 Å². The highest BCUT2D eigenvalue weighted by Gasteiger charge is 2.50. The zero-order chi connectivity index (χ0) is 17.8. The molecule has 0 aliphatic heterocycles. The molecule has 0 saturated heterocycles. The van der Waals surface area contributed by atoms with Gasteiger partial charge in [-0.25, -0.2) is 0 Å². The molecule has 0 aliphatic carbocycles. The van der Waals surface area contributed by atoms with Crippen LogP contribution in [-0.4, -0.2) is 39.9 Å². The Labute approximate surface area is 131 Å². The molecule has 0 heterocycles. The topological polar surface area (TPSA) is 129 Å². The highest BCUT2D eigenvalue weighted by atomic mass is 32.2. The Morgan fingerprint density at radius 2 is 1.59 bits per heavy atom. The molecular weight excluding hydrogens is 312 g/mol. The summed E-state index contributed by atoms with van der Waals surface area (Å²) >= 11 is 0.